The van der Waals surface area contributed by atoms with Gasteiger partial charge in [0, 0.05) is 52.4 Å². The number of hydrogen-bond donors (Lipinski definition) is 0. The number of hydrogen-bond acceptors (Lipinski definition) is 4. The summed E-state index contributed by atoms with van der Waals surface area (Å²) in [5.74, 6) is 0.0806. The largest absolute Gasteiger partial charge is 0.343 e. The summed E-state index contributed by atoms with van der Waals surface area (Å²) in [7, 11) is 0. The predicted molar refractivity (Wildman–Crippen MR) is 149 cm³/mol. The smallest absolute Gasteiger partial charge is 0.228 e. The van der Waals surface area contributed by atoms with Gasteiger partial charge in [-0.25, -0.2) is 0 Å². The highest BCUT2D eigenvalue weighted by atomic mass is 16.2. The average molecular weight is 533 g/mol. The summed E-state index contributed by atoms with van der Waals surface area (Å²) in [6, 6.07) is 0. The van der Waals surface area contributed by atoms with Crippen LogP contribution in [0.5, 0.6) is 0 Å². The molecule has 0 heterocycles. The first-order chi connectivity index (χ1) is 18.0. The van der Waals surface area contributed by atoms with E-state index in [1.54, 1.807) is 0 Å². The molecule has 0 unspecified atom stereocenters. The van der Waals surface area contributed by atoms with E-state index >= 15 is 0 Å². The van der Waals surface area contributed by atoms with Crippen molar-refractivity contribution in [3.63, 3.8) is 0 Å². The lowest BCUT2D eigenvalue weighted by atomic mass is 9.34. The third kappa shape index (κ3) is 4.53. The molecule has 8 heteroatoms. The number of nitrogens with zero attached hydrogens (tertiary/aromatic N) is 4. The van der Waals surface area contributed by atoms with Gasteiger partial charge in [0.15, 0.2) is 0 Å². The SMILES string of the molecule is CCN(CC)C(=O)C12CC3(C(=O)N(CC)CC)CC(C(=O)N(CC)CC)(C1)CC(C(=O)N(CC)CC)(C2)C3. The normalized spacial score (nSPS) is 31.2. The predicted octanol–water partition coefficient (Wildman–Crippen LogP) is 3.79. The summed E-state index contributed by atoms with van der Waals surface area (Å²) in [5.41, 5.74) is -3.57. The average Bonchev–Trinajstić information content (AvgIpc) is 2.90. The van der Waals surface area contributed by atoms with E-state index in [-0.39, 0.29) is 23.6 Å². The fourth-order valence-electron chi connectivity index (χ4n) is 8.93. The van der Waals surface area contributed by atoms with Gasteiger partial charge in [-0.15, -0.1) is 0 Å². The molecular weight excluding hydrogens is 480 g/mol. The molecule has 0 aromatic rings. The molecular formula is C30H52N4O4. The Labute approximate surface area is 230 Å². The maximum atomic E-state index is 14.4. The summed E-state index contributed by atoms with van der Waals surface area (Å²) >= 11 is 0. The van der Waals surface area contributed by atoms with Gasteiger partial charge in [-0.3, -0.25) is 19.2 Å². The molecule has 0 spiro atoms. The molecule has 4 aliphatic carbocycles. The molecule has 0 aromatic heterocycles. The van der Waals surface area contributed by atoms with E-state index in [9.17, 15) is 19.2 Å². The van der Waals surface area contributed by atoms with E-state index in [1.165, 1.54) is 0 Å². The zero-order chi connectivity index (χ0) is 28.5. The first-order valence-corrected chi connectivity index (χ1v) is 15.1. The number of rotatable bonds is 12. The minimum absolute atomic E-state index is 0.0202. The molecule has 0 radical (unpaired) electrons. The van der Waals surface area contributed by atoms with Gasteiger partial charge in [-0.2, -0.15) is 0 Å². The minimum atomic E-state index is -0.894. The molecule has 4 saturated carbocycles. The number of amides is 4. The molecule has 4 aliphatic rings. The van der Waals surface area contributed by atoms with Gasteiger partial charge in [-0.1, -0.05) is 0 Å². The van der Waals surface area contributed by atoms with Crippen molar-refractivity contribution in [3.05, 3.63) is 0 Å². The van der Waals surface area contributed by atoms with Crippen LogP contribution in [0.4, 0.5) is 0 Å². The van der Waals surface area contributed by atoms with Gasteiger partial charge in [0.25, 0.3) is 0 Å². The van der Waals surface area contributed by atoms with Gasteiger partial charge in [0.1, 0.15) is 0 Å². The van der Waals surface area contributed by atoms with Crippen molar-refractivity contribution >= 4 is 23.6 Å². The van der Waals surface area contributed by atoms with Crippen molar-refractivity contribution in [2.75, 3.05) is 52.4 Å². The Morgan fingerprint density at radius 3 is 0.605 bits per heavy atom. The van der Waals surface area contributed by atoms with E-state index in [0.717, 1.165) is 0 Å². The molecule has 8 nitrogen and oxygen atoms in total. The van der Waals surface area contributed by atoms with Crippen molar-refractivity contribution in [3.8, 4) is 0 Å². The van der Waals surface area contributed by atoms with Crippen LogP contribution in [0.2, 0.25) is 0 Å². The van der Waals surface area contributed by atoms with Crippen LogP contribution in [0, 0.1) is 21.7 Å². The van der Waals surface area contributed by atoms with Crippen molar-refractivity contribution in [1.29, 1.82) is 0 Å². The lowest BCUT2D eigenvalue weighted by molar-refractivity contribution is -0.220. The molecule has 4 rings (SSSR count). The molecule has 38 heavy (non-hydrogen) atoms. The van der Waals surface area contributed by atoms with Gasteiger partial charge in [0.2, 0.25) is 23.6 Å². The zero-order valence-corrected chi connectivity index (χ0v) is 25.3. The van der Waals surface area contributed by atoms with E-state index in [2.05, 4.69) is 0 Å². The Kier molecular flexibility index (Phi) is 8.94. The van der Waals surface area contributed by atoms with E-state index in [0.29, 0.717) is 90.9 Å². The van der Waals surface area contributed by atoms with E-state index < -0.39 is 21.7 Å². The summed E-state index contributed by atoms with van der Waals surface area (Å²) in [6.45, 7) is 20.4. The lowest BCUT2D eigenvalue weighted by Gasteiger charge is -2.69. The molecule has 4 amide bonds. The molecule has 4 fully saturated rings. The lowest BCUT2D eigenvalue weighted by Crippen LogP contribution is -2.72. The van der Waals surface area contributed by atoms with Gasteiger partial charge >= 0.3 is 0 Å². The number of carbonyl (C=O) groups excluding carboxylic acids is 4. The fraction of sp³-hybridized carbons (Fsp3) is 0.867. The van der Waals surface area contributed by atoms with Crippen LogP contribution in [-0.4, -0.2) is 95.6 Å². The highest BCUT2D eigenvalue weighted by Gasteiger charge is 2.76. The Bertz CT molecular complexity index is 734. The van der Waals surface area contributed by atoms with E-state index in [4.69, 9.17) is 0 Å². The Balaban J connectivity index is 2.33. The van der Waals surface area contributed by atoms with Crippen LogP contribution in [0.15, 0.2) is 0 Å². The third-order valence-corrected chi connectivity index (χ3v) is 10.1. The van der Waals surface area contributed by atoms with Crippen LogP contribution < -0.4 is 0 Å². The van der Waals surface area contributed by atoms with Crippen molar-refractivity contribution in [2.45, 2.75) is 93.9 Å². The highest BCUT2D eigenvalue weighted by molar-refractivity contribution is 5.96. The van der Waals surface area contributed by atoms with Crippen molar-refractivity contribution in [2.24, 2.45) is 21.7 Å². The van der Waals surface area contributed by atoms with Crippen LogP contribution >= 0.6 is 0 Å². The summed E-state index contributed by atoms with van der Waals surface area (Å²) < 4.78 is 0. The fourth-order valence-corrected chi connectivity index (χ4v) is 8.93. The molecule has 216 valence electrons. The molecule has 0 N–H and O–H groups in total. The van der Waals surface area contributed by atoms with Gasteiger partial charge in [-0.05, 0) is 93.9 Å². The zero-order valence-electron chi connectivity index (χ0n) is 25.3. The monoisotopic (exact) mass is 532 g/mol. The summed E-state index contributed by atoms with van der Waals surface area (Å²) in [6.07, 6.45) is 2.61. The van der Waals surface area contributed by atoms with Crippen molar-refractivity contribution < 1.29 is 19.2 Å². The minimum Gasteiger partial charge on any atom is -0.343 e. The second kappa shape index (κ2) is 11.2. The second-order valence-corrected chi connectivity index (χ2v) is 12.1. The van der Waals surface area contributed by atoms with Crippen LogP contribution in [-0.2, 0) is 19.2 Å². The standard InChI is InChI=1S/C30H52N4O4/c1-9-31(10-2)23(35)27-17-28(24(36)32(11-3)12-4)20-29(18-27,25(37)33(13-5)14-6)22-30(19-27,21-28)26(38)34(15-7)16-8/h9-22H2,1-8H3. The molecule has 4 bridgehead atoms. The Morgan fingerprint density at radius 1 is 0.368 bits per heavy atom. The number of carbonyl (C=O) groups is 4. The van der Waals surface area contributed by atoms with Crippen LogP contribution in [0.25, 0.3) is 0 Å². The van der Waals surface area contributed by atoms with Crippen LogP contribution in [0.1, 0.15) is 93.9 Å². The topological polar surface area (TPSA) is 81.2 Å². The van der Waals surface area contributed by atoms with Gasteiger partial charge < -0.3 is 19.6 Å². The Morgan fingerprint density at radius 2 is 0.500 bits per heavy atom. The highest BCUT2D eigenvalue weighted by Crippen LogP contribution is 2.75. The van der Waals surface area contributed by atoms with Crippen LogP contribution in [0.3, 0.4) is 0 Å². The first kappa shape index (κ1) is 30.4. The summed E-state index contributed by atoms with van der Waals surface area (Å²) in [5, 5.41) is 0. The quantitative estimate of drug-likeness (QED) is 0.383. The van der Waals surface area contributed by atoms with Gasteiger partial charge in [0.05, 0.1) is 21.7 Å². The Hall–Kier alpha value is -2.12. The maximum absolute atomic E-state index is 14.4. The maximum Gasteiger partial charge on any atom is 0.228 e. The second-order valence-electron chi connectivity index (χ2n) is 12.1. The van der Waals surface area contributed by atoms with E-state index in [1.807, 2.05) is 75.0 Å². The molecule has 0 aromatic carbocycles. The molecule has 0 atom stereocenters. The molecule has 0 aliphatic heterocycles. The van der Waals surface area contributed by atoms with Crippen molar-refractivity contribution in [1.82, 2.24) is 19.6 Å². The third-order valence-electron chi connectivity index (χ3n) is 10.1. The summed E-state index contributed by atoms with van der Waals surface area (Å²) in [4.78, 5) is 65.1. The first-order valence-electron chi connectivity index (χ1n) is 15.1. The molecule has 0 saturated heterocycles.